The number of phenolic OH excluding ortho intramolecular Hbond substituents is 1. The summed E-state index contributed by atoms with van der Waals surface area (Å²) in [7, 11) is 1.48. The van der Waals surface area contributed by atoms with Crippen LogP contribution in [0.2, 0.25) is 0 Å². The monoisotopic (exact) mass is 441 g/mol. The van der Waals surface area contributed by atoms with Gasteiger partial charge in [-0.3, -0.25) is 9.59 Å². The Kier molecular flexibility index (Phi) is 7.09. The van der Waals surface area contributed by atoms with E-state index in [1.54, 1.807) is 24.0 Å². The van der Waals surface area contributed by atoms with Gasteiger partial charge in [0.2, 0.25) is 0 Å². The topological polar surface area (TPSA) is 96.3 Å². The van der Waals surface area contributed by atoms with Crippen LogP contribution >= 0.6 is 0 Å². The van der Waals surface area contributed by atoms with Crippen LogP contribution in [0.1, 0.15) is 37.8 Å². The molecular weight excluding hydrogens is 410 g/mol. The van der Waals surface area contributed by atoms with Crippen LogP contribution in [-0.4, -0.2) is 59.4 Å². The molecule has 4 atom stereocenters. The summed E-state index contributed by atoms with van der Waals surface area (Å²) in [6.45, 7) is 5.55. The molecule has 1 amide bonds. The maximum Gasteiger partial charge on any atom is 0.303 e. The van der Waals surface area contributed by atoms with E-state index in [2.05, 4.69) is 0 Å². The molecule has 0 aliphatic carbocycles. The number of hydrogen-bond acceptors (Lipinski definition) is 6. The highest BCUT2D eigenvalue weighted by Crippen LogP contribution is 2.46. The lowest BCUT2D eigenvalue weighted by Crippen LogP contribution is -2.43. The maximum absolute atomic E-state index is 13.4. The number of likely N-dealkylation sites (tertiary alicyclic amines) is 1. The molecule has 2 N–H and O–H groups in total. The number of aromatic hydroxyl groups is 1. The van der Waals surface area contributed by atoms with Crippen LogP contribution in [0.3, 0.4) is 0 Å². The minimum Gasteiger partial charge on any atom is -0.504 e. The van der Waals surface area contributed by atoms with Crippen LogP contribution in [0.25, 0.3) is 0 Å². The van der Waals surface area contributed by atoms with Crippen molar-refractivity contribution in [3.8, 4) is 11.5 Å². The third kappa shape index (κ3) is 4.88. The number of ether oxygens (including phenoxy) is 2. The minimum atomic E-state index is -0.948. The summed E-state index contributed by atoms with van der Waals surface area (Å²) in [5, 5.41) is 20.9. The average molecular weight is 442 g/mol. The highest BCUT2D eigenvalue weighted by molar-refractivity contribution is 5.84. The van der Waals surface area contributed by atoms with Crippen molar-refractivity contribution in [1.29, 1.82) is 0 Å². The van der Waals surface area contributed by atoms with E-state index in [0.29, 0.717) is 18.8 Å². The third-order valence-corrected chi connectivity index (χ3v) is 6.45. The molecule has 2 aromatic carbocycles. The van der Waals surface area contributed by atoms with E-state index in [1.165, 1.54) is 14.0 Å². The van der Waals surface area contributed by atoms with Gasteiger partial charge in [0.1, 0.15) is 0 Å². The Hall–Kier alpha value is -3.06. The fourth-order valence-electron chi connectivity index (χ4n) is 4.43. The lowest BCUT2D eigenvalue weighted by molar-refractivity contribution is -0.158. The van der Waals surface area contributed by atoms with Crippen LogP contribution in [0.15, 0.2) is 48.5 Å². The molecular formula is C25H31NO6. The maximum atomic E-state index is 13.4. The van der Waals surface area contributed by atoms with Crippen molar-refractivity contribution >= 4 is 11.9 Å². The fraction of sp³-hybridized carbons (Fsp3) is 0.440. The van der Waals surface area contributed by atoms with Crippen molar-refractivity contribution in [1.82, 2.24) is 4.90 Å². The zero-order valence-electron chi connectivity index (χ0n) is 18.9. The number of amides is 1. The molecule has 7 heteroatoms. The molecule has 0 spiro atoms. The van der Waals surface area contributed by atoms with Gasteiger partial charge in [-0.25, -0.2) is 0 Å². The Morgan fingerprint density at radius 2 is 1.91 bits per heavy atom. The van der Waals surface area contributed by atoms with Crippen LogP contribution in [-0.2, 0) is 20.7 Å². The quantitative estimate of drug-likeness (QED) is 0.642. The molecule has 1 fully saturated rings. The predicted molar refractivity (Wildman–Crippen MR) is 119 cm³/mol. The summed E-state index contributed by atoms with van der Waals surface area (Å²) in [4.78, 5) is 26.8. The first-order valence-electron chi connectivity index (χ1n) is 10.7. The molecule has 0 saturated carbocycles. The smallest absolute Gasteiger partial charge is 0.303 e. The summed E-state index contributed by atoms with van der Waals surface area (Å²) in [6, 6.07) is 14.5. The van der Waals surface area contributed by atoms with E-state index < -0.39 is 23.6 Å². The number of rotatable bonds is 7. The van der Waals surface area contributed by atoms with E-state index >= 15 is 0 Å². The van der Waals surface area contributed by atoms with Gasteiger partial charge >= 0.3 is 5.97 Å². The van der Waals surface area contributed by atoms with Gasteiger partial charge in [0.15, 0.2) is 17.6 Å². The van der Waals surface area contributed by atoms with E-state index in [1.807, 2.05) is 43.3 Å². The van der Waals surface area contributed by atoms with Crippen molar-refractivity contribution in [2.45, 2.75) is 45.3 Å². The Labute approximate surface area is 188 Å². The van der Waals surface area contributed by atoms with Crippen molar-refractivity contribution < 1.29 is 29.3 Å². The Morgan fingerprint density at radius 3 is 2.47 bits per heavy atom. The van der Waals surface area contributed by atoms with Crippen LogP contribution in [0.5, 0.6) is 11.5 Å². The summed E-state index contributed by atoms with van der Waals surface area (Å²) >= 11 is 0. The molecule has 172 valence electrons. The first-order valence-corrected chi connectivity index (χ1v) is 10.7. The molecule has 0 unspecified atom stereocenters. The van der Waals surface area contributed by atoms with Gasteiger partial charge in [0, 0.05) is 37.8 Å². The fourth-order valence-corrected chi connectivity index (χ4v) is 4.43. The van der Waals surface area contributed by atoms with Gasteiger partial charge in [-0.2, -0.15) is 0 Å². The summed E-state index contributed by atoms with van der Waals surface area (Å²) in [6.07, 6.45) is -1.39. The number of carbonyl (C=O) groups excluding carboxylic acids is 2. The second-order valence-electron chi connectivity index (χ2n) is 8.67. The standard InChI is InChI=1S/C25H31NO6/c1-16(27)25(3)15-26(14-20(25)19-10-11-22(31-4)21(29)13-19)24(30)23(32-17(2)28)12-18-8-6-5-7-9-18/h5-11,13,16,20,23,27,29H,12,14-15H2,1-4H3/t16-,20+,23+,25+/m1/s1. The Balaban J connectivity index is 1.88. The van der Waals surface area contributed by atoms with E-state index in [-0.39, 0.29) is 24.0 Å². The molecule has 1 saturated heterocycles. The number of hydrogen-bond donors (Lipinski definition) is 2. The zero-order chi connectivity index (χ0) is 23.5. The third-order valence-electron chi connectivity index (χ3n) is 6.45. The van der Waals surface area contributed by atoms with Gasteiger partial charge in [0.25, 0.3) is 5.91 Å². The number of esters is 1. The van der Waals surface area contributed by atoms with Crippen molar-refractivity contribution in [3.05, 3.63) is 59.7 Å². The molecule has 7 nitrogen and oxygen atoms in total. The number of methoxy groups -OCH3 is 1. The number of nitrogens with zero attached hydrogens (tertiary/aromatic N) is 1. The summed E-state index contributed by atoms with van der Waals surface area (Å²) < 4.78 is 10.5. The molecule has 32 heavy (non-hydrogen) atoms. The zero-order valence-corrected chi connectivity index (χ0v) is 18.9. The van der Waals surface area contributed by atoms with Gasteiger partial charge in [0.05, 0.1) is 13.2 Å². The SMILES string of the molecule is COc1ccc([C@@H]2CN(C(=O)[C@H](Cc3ccccc3)OC(C)=O)C[C@@]2(C)[C@@H](C)O)cc1O. The molecule has 0 radical (unpaired) electrons. The number of phenols is 1. The average Bonchev–Trinajstić information content (AvgIpc) is 3.12. The Bertz CT molecular complexity index is 960. The molecule has 2 aromatic rings. The molecule has 3 rings (SSSR count). The summed E-state index contributed by atoms with van der Waals surface area (Å²) in [5.41, 5.74) is 1.04. The van der Waals surface area contributed by atoms with Gasteiger partial charge in [-0.1, -0.05) is 43.3 Å². The lowest BCUT2D eigenvalue weighted by atomic mass is 9.72. The highest BCUT2D eigenvalue weighted by Gasteiger charge is 2.49. The van der Waals surface area contributed by atoms with Crippen LogP contribution in [0.4, 0.5) is 0 Å². The van der Waals surface area contributed by atoms with Crippen molar-refractivity contribution in [3.63, 3.8) is 0 Å². The molecule has 0 bridgehead atoms. The molecule has 1 aliphatic rings. The number of carbonyl (C=O) groups is 2. The Morgan fingerprint density at radius 1 is 1.22 bits per heavy atom. The minimum absolute atomic E-state index is 0.00425. The number of aliphatic hydroxyl groups excluding tert-OH is 1. The first-order chi connectivity index (χ1) is 15.2. The van der Waals surface area contributed by atoms with Crippen molar-refractivity contribution in [2.75, 3.05) is 20.2 Å². The first kappa shape index (κ1) is 23.6. The van der Waals surface area contributed by atoms with E-state index in [4.69, 9.17) is 9.47 Å². The van der Waals surface area contributed by atoms with Crippen LogP contribution < -0.4 is 4.74 Å². The molecule has 1 aliphatic heterocycles. The van der Waals surface area contributed by atoms with E-state index in [0.717, 1.165) is 11.1 Å². The van der Waals surface area contributed by atoms with Gasteiger partial charge in [-0.15, -0.1) is 0 Å². The lowest BCUT2D eigenvalue weighted by Gasteiger charge is -2.33. The highest BCUT2D eigenvalue weighted by atomic mass is 16.5. The predicted octanol–water partition coefficient (Wildman–Crippen LogP) is 2.89. The van der Waals surface area contributed by atoms with Crippen molar-refractivity contribution in [2.24, 2.45) is 5.41 Å². The second kappa shape index (κ2) is 9.61. The number of benzene rings is 2. The van der Waals surface area contributed by atoms with Gasteiger partial charge < -0.3 is 24.6 Å². The molecule has 1 heterocycles. The number of aliphatic hydroxyl groups is 1. The largest absolute Gasteiger partial charge is 0.504 e. The summed E-state index contributed by atoms with van der Waals surface area (Å²) in [5.74, 6) is -0.677. The molecule has 0 aromatic heterocycles. The van der Waals surface area contributed by atoms with Crippen LogP contribution in [0, 0.1) is 5.41 Å². The normalized spacial score (nSPS) is 22.3. The van der Waals surface area contributed by atoms with Gasteiger partial charge in [-0.05, 0) is 30.2 Å². The van der Waals surface area contributed by atoms with E-state index in [9.17, 15) is 19.8 Å². The second-order valence-corrected chi connectivity index (χ2v) is 8.67.